The van der Waals surface area contributed by atoms with E-state index in [2.05, 4.69) is 26.9 Å². The number of benzene rings is 3. The highest BCUT2D eigenvalue weighted by Crippen LogP contribution is 2.44. The molecule has 0 aliphatic carbocycles. The Kier molecular flexibility index (Phi) is 5.82. The Bertz CT molecular complexity index is 1210. The number of halogens is 1. The number of fused-ring (bicyclic) bond motifs is 2. The summed E-state index contributed by atoms with van der Waals surface area (Å²) >= 11 is 3.65. The maximum atomic E-state index is 11.3. The fourth-order valence-corrected chi connectivity index (χ4v) is 4.80. The van der Waals surface area contributed by atoms with Crippen molar-refractivity contribution in [2.45, 2.75) is 6.04 Å². The minimum atomic E-state index is -0.376. The Balaban J connectivity index is 1.41. The van der Waals surface area contributed by atoms with Gasteiger partial charge in [0.25, 0.3) is 5.69 Å². The molecule has 2 aliphatic rings. The van der Waals surface area contributed by atoms with Crippen molar-refractivity contribution >= 4 is 32.4 Å². The molecule has 3 aromatic carbocycles. The lowest BCUT2D eigenvalue weighted by Crippen LogP contribution is -2.39. The van der Waals surface area contributed by atoms with Crippen LogP contribution in [0.4, 0.5) is 5.69 Å². The third-order valence-electron chi connectivity index (χ3n) is 5.76. The number of rotatable bonds is 5. The number of nitro benzene ring substituents is 1. The van der Waals surface area contributed by atoms with Crippen molar-refractivity contribution in [1.82, 2.24) is 4.90 Å². The predicted octanol–water partition coefficient (Wildman–Crippen LogP) is 5.24. The second kappa shape index (κ2) is 8.90. The molecule has 1 fully saturated rings. The van der Waals surface area contributed by atoms with E-state index in [1.165, 1.54) is 6.07 Å². The topological polar surface area (TPSA) is 74.1 Å². The van der Waals surface area contributed by atoms with Crippen molar-refractivity contribution in [3.63, 3.8) is 0 Å². The monoisotopic (exact) mass is 496 g/mol. The standard InChI is InChI=1S/C24H21BrN2O5/c25-23-18-4-2-1-3-16(18)5-7-21(23)31-12-9-22-24(26-10-13-30-14-11-26)19-15-17(27(28)29)6-8-20(19)32-22/h1-9,15,24H,10-14H2/b22-9-/t24-/m1/s1. The molecule has 164 valence electrons. The van der Waals surface area contributed by atoms with Gasteiger partial charge in [0.2, 0.25) is 0 Å². The first-order chi connectivity index (χ1) is 15.6. The zero-order valence-electron chi connectivity index (χ0n) is 17.2. The van der Waals surface area contributed by atoms with Crippen molar-refractivity contribution in [3.05, 3.63) is 86.6 Å². The normalized spacial score (nSPS) is 19.7. The van der Waals surface area contributed by atoms with E-state index in [4.69, 9.17) is 14.2 Å². The lowest BCUT2D eigenvalue weighted by Gasteiger charge is -2.32. The highest BCUT2D eigenvalue weighted by atomic mass is 79.9. The van der Waals surface area contributed by atoms with Gasteiger partial charge in [-0.05, 0) is 44.9 Å². The number of morpholine rings is 1. The first-order valence-electron chi connectivity index (χ1n) is 10.4. The molecule has 32 heavy (non-hydrogen) atoms. The number of non-ortho nitro benzene ring substituents is 1. The number of nitrogens with zero attached hydrogens (tertiary/aromatic N) is 2. The molecule has 2 aliphatic heterocycles. The van der Waals surface area contributed by atoms with Crippen LogP contribution in [0.3, 0.4) is 0 Å². The molecule has 8 heteroatoms. The number of hydrogen-bond acceptors (Lipinski definition) is 6. The van der Waals surface area contributed by atoms with Crippen molar-refractivity contribution in [3.8, 4) is 11.5 Å². The number of ether oxygens (including phenoxy) is 3. The lowest BCUT2D eigenvalue weighted by molar-refractivity contribution is -0.384. The molecule has 0 bridgehead atoms. The fourth-order valence-electron chi connectivity index (χ4n) is 4.20. The van der Waals surface area contributed by atoms with Gasteiger partial charge in [-0.2, -0.15) is 0 Å². The molecule has 0 radical (unpaired) electrons. The Morgan fingerprint density at radius 1 is 1.16 bits per heavy atom. The summed E-state index contributed by atoms with van der Waals surface area (Å²) in [5.41, 5.74) is 0.863. The average molecular weight is 497 g/mol. The van der Waals surface area contributed by atoms with Gasteiger partial charge in [-0.3, -0.25) is 15.0 Å². The van der Waals surface area contributed by atoms with Gasteiger partial charge in [-0.25, -0.2) is 0 Å². The van der Waals surface area contributed by atoms with Crippen LogP contribution in [-0.2, 0) is 4.74 Å². The molecule has 5 rings (SSSR count). The Morgan fingerprint density at radius 2 is 1.97 bits per heavy atom. The highest BCUT2D eigenvalue weighted by molar-refractivity contribution is 9.10. The lowest BCUT2D eigenvalue weighted by atomic mass is 10.0. The van der Waals surface area contributed by atoms with Crippen LogP contribution in [0.25, 0.3) is 10.8 Å². The molecule has 0 amide bonds. The van der Waals surface area contributed by atoms with E-state index < -0.39 is 0 Å². The average Bonchev–Trinajstić information content (AvgIpc) is 3.18. The van der Waals surface area contributed by atoms with Crippen LogP contribution < -0.4 is 9.47 Å². The number of hydrogen-bond donors (Lipinski definition) is 0. The van der Waals surface area contributed by atoms with Crippen LogP contribution in [0.2, 0.25) is 0 Å². The molecule has 1 saturated heterocycles. The fraction of sp³-hybridized carbons (Fsp3) is 0.250. The summed E-state index contributed by atoms with van der Waals surface area (Å²) in [5, 5.41) is 13.5. The van der Waals surface area contributed by atoms with Crippen molar-refractivity contribution in [2.75, 3.05) is 32.9 Å². The first-order valence-corrected chi connectivity index (χ1v) is 11.2. The van der Waals surface area contributed by atoms with E-state index >= 15 is 0 Å². The summed E-state index contributed by atoms with van der Waals surface area (Å²) in [6, 6.07) is 16.6. The quantitative estimate of drug-likeness (QED) is 0.355. The second-order valence-corrected chi connectivity index (χ2v) is 8.44. The summed E-state index contributed by atoms with van der Waals surface area (Å²) in [6.07, 6.45) is 1.91. The molecule has 7 nitrogen and oxygen atoms in total. The van der Waals surface area contributed by atoms with Crippen LogP contribution in [0.15, 0.2) is 70.9 Å². The van der Waals surface area contributed by atoms with Crippen LogP contribution in [-0.4, -0.2) is 42.7 Å². The van der Waals surface area contributed by atoms with E-state index in [0.717, 1.165) is 45.4 Å². The summed E-state index contributed by atoms with van der Waals surface area (Å²) < 4.78 is 18.6. The van der Waals surface area contributed by atoms with Crippen LogP contribution in [0.5, 0.6) is 11.5 Å². The van der Waals surface area contributed by atoms with Gasteiger partial charge in [-0.15, -0.1) is 0 Å². The van der Waals surface area contributed by atoms with E-state index in [-0.39, 0.29) is 16.7 Å². The van der Waals surface area contributed by atoms with Gasteiger partial charge in [0.15, 0.2) is 0 Å². The van der Waals surface area contributed by atoms with E-state index in [1.54, 1.807) is 12.1 Å². The van der Waals surface area contributed by atoms with Gasteiger partial charge in [0, 0.05) is 30.8 Å². The molecule has 0 unspecified atom stereocenters. The maximum absolute atomic E-state index is 11.3. The second-order valence-electron chi connectivity index (χ2n) is 7.65. The van der Waals surface area contributed by atoms with Gasteiger partial charge in [-0.1, -0.05) is 30.3 Å². The summed E-state index contributed by atoms with van der Waals surface area (Å²) in [7, 11) is 0. The zero-order valence-corrected chi connectivity index (χ0v) is 18.8. The SMILES string of the molecule is O=[N+]([O-])c1ccc2c(c1)[C@@H](N1CCOCC1)/C(=C/COc1ccc3ccccc3c1Br)O2. The van der Waals surface area contributed by atoms with Gasteiger partial charge in [0.05, 0.1) is 28.7 Å². The predicted molar refractivity (Wildman–Crippen MR) is 124 cm³/mol. The minimum absolute atomic E-state index is 0.0585. The van der Waals surface area contributed by atoms with E-state index in [1.807, 2.05) is 36.4 Å². The largest absolute Gasteiger partial charge is 0.488 e. The molecule has 3 aromatic rings. The molecular formula is C24H21BrN2O5. The molecule has 0 aromatic heterocycles. The molecule has 0 spiro atoms. The molecule has 0 N–H and O–H groups in total. The first kappa shape index (κ1) is 20.9. The van der Waals surface area contributed by atoms with Gasteiger partial charge in [0.1, 0.15) is 23.9 Å². The number of nitro groups is 1. The minimum Gasteiger partial charge on any atom is -0.488 e. The molecular weight excluding hydrogens is 476 g/mol. The van der Waals surface area contributed by atoms with Gasteiger partial charge >= 0.3 is 0 Å². The molecule has 2 heterocycles. The van der Waals surface area contributed by atoms with Crippen molar-refractivity contribution in [1.29, 1.82) is 0 Å². The van der Waals surface area contributed by atoms with E-state index in [0.29, 0.717) is 25.6 Å². The Hall–Kier alpha value is -2.94. The molecule has 1 atom stereocenters. The van der Waals surface area contributed by atoms with Crippen molar-refractivity contribution < 1.29 is 19.1 Å². The summed E-state index contributed by atoms with van der Waals surface area (Å²) in [5.74, 6) is 2.11. The molecule has 0 saturated carbocycles. The Labute approximate surface area is 193 Å². The maximum Gasteiger partial charge on any atom is 0.270 e. The summed E-state index contributed by atoms with van der Waals surface area (Å²) in [4.78, 5) is 13.2. The Morgan fingerprint density at radius 3 is 2.78 bits per heavy atom. The van der Waals surface area contributed by atoms with Gasteiger partial charge < -0.3 is 14.2 Å². The van der Waals surface area contributed by atoms with Crippen LogP contribution >= 0.6 is 15.9 Å². The summed E-state index contributed by atoms with van der Waals surface area (Å²) in [6.45, 7) is 3.00. The van der Waals surface area contributed by atoms with E-state index in [9.17, 15) is 10.1 Å². The van der Waals surface area contributed by atoms with Crippen LogP contribution in [0, 0.1) is 10.1 Å². The van der Waals surface area contributed by atoms with Crippen molar-refractivity contribution in [2.24, 2.45) is 0 Å². The third-order valence-corrected chi connectivity index (χ3v) is 6.58. The van der Waals surface area contributed by atoms with Crippen LogP contribution in [0.1, 0.15) is 11.6 Å². The highest BCUT2D eigenvalue weighted by Gasteiger charge is 2.36. The third kappa shape index (κ3) is 3.97. The zero-order chi connectivity index (χ0) is 22.1. The smallest absolute Gasteiger partial charge is 0.270 e.